The van der Waals surface area contributed by atoms with Crippen molar-refractivity contribution in [1.82, 2.24) is 9.55 Å². The summed E-state index contributed by atoms with van der Waals surface area (Å²) in [5.41, 5.74) is -1.28. The van der Waals surface area contributed by atoms with E-state index in [1.807, 2.05) is 6.92 Å². The van der Waals surface area contributed by atoms with E-state index >= 15 is 0 Å². The Balaban J connectivity index is 2.05. The second-order valence-corrected chi connectivity index (χ2v) is 5.74. The fourth-order valence-corrected chi connectivity index (χ4v) is 3.07. The van der Waals surface area contributed by atoms with Crippen LogP contribution in [0.4, 0.5) is 0 Å². The van der Waals surface area contributed by atoms with Crippen LogP contribution in [0.5, 0.6) is 0 Å². The first-order chi connectivity index (χ1) is 9.37. The van der Waals surface area contributed by atoms with Gasteiger partial charge in [-0.3, -0.25) is 4.57 Å². The normalized spacial score (nSPS) is 38.9. The molecule has 0 bridgehead atoms. The van der Waals surface area contributed by atoms with Crippen LogP contribution in [0.2, 0.25) is 0 Å². The number of rotatable bonds is 2. The molecule has 0 aliphatic carbocycles. The van der Waals surface area contributed by atoms with Crippen LogP contribution in [-0.4, -0.2) is 44.9 Å². The van der Waals surface area contributed by atoms with Gasteiger partial charge in [0.1, 0.15) is 17.8 Å². The number of hydrogen-bond acceptors (Lipinski definition) is 6. The Hall–Kier alpha value is -1.28. The summed E-state index contributed by atoms with van der Waals surface area (Å²) in [6.07, 6.45) is 1.34. The summed E-state index contributed by atoms with van der Waals surface area (Å²) in [5.74, 6) is -0.791. The van der Waals surface area contributed by atoms with Crippen molar-refractivity contribution in [3.63, 3.8) is 0 Å². The molecule has 2 aliphatic heterocycles. The fourth-order valence-electron chi connectivity index (χ4n) is 3.07. The van der Waals surface area contributed by atoms with Crippen LogP contribution >= 0.6 is 0 Å². The molecule has 1 N–H and O–H groups in total. The van der Waals surface area contributed by atoms with Crippen molar-refractivity contribution in [3.8, 4) is 0 Å². The molecule has 2 saturated heterocycles. The van der Waals surface area contributed by atoms with E-state index in [1.165, 1.54) is 10.8 Å². The highest BCUT2D eigenvalue weighted by Gasteiger charge is 2.64. The third-order valence-electron chi connectivity index (χ3n) is 3.74. The highest BCUT2D eigenvalue weighted by atomic mass is 16.8. The van der Waals surface area contributed by atoms with E-state index in [-0.39, 0.29) is 6.61 Å². The summed E-state index contributed by atoms with van der Waals surface area (Å²) in [5, 5.41) is 9.47. The molecule has 2 aliphatic rings. The van der Waals surface area contributed by atoms with Crippen LogP contribution in [0.1, 0.15) is 27.0 Å². The van der Waals surface area contributed by atoms with Gasteiger partial charge in [-0.1, -0.05) is 0 Å². The Labute approximate surface area is 116 Å². The third kappa shape index (κ3) is 1.89. The molecule has 110 valence electrons. The Morgan fingerprint density at radius 3 is 2.85 bits per heavy atom. The molecule has 2 fully saturated rings. The summed E-state index contributed by atoms with van der Waals surface area (Å²) in [6.45, 7) is 5.22. The molecule has 0 saturated carbocycles. The van der Waals surface area contributed by atoms with Crippen LogP contribution in [0.25, 0.3) is 0 Å². The summed E-state index contributed by atoms with van der Waals surface area (Å²) < 4.78 is 18.9. The van der Waals surface area contributed by atoms with Gasteiger partial charge >= 0.3 is 5.69 Å². The lowest BCUT2D eigenvalue weighted by molar-refractivity contribution is -0.218. The van der Waals surface area contributed by atoms with Crippen LogP contribution in [0, 0.1) is 0 Å². The number of hydrogen-bond donors (Lipinski definition) is 1. The molecular formula is C13H18N2O5. The molecule has 4 atom stereocenters. The molecule has 7 heteroatoms. The van der Waals surface area contributed by atoms with Gasteiger partial charge in [0, 0.05) is 12.4 Å². The van der Waals surface area contributed by atoms with E-state index in [0.717, 1.165) is 0 Å². The predicted molar refractivity (Wildman–Crippen MR) is 67.9 cm³/mol. The Bertz CT molecular complexity index is 572. The van der Waals surface area contributed by atoms with Crippen molar-refractivity contribution in [3.05, 3.63) is 28.9 Å². The van der Waals surface area contributed by atoms with Crippen molar-refractivity contribution in [2.24, 2.45) is 0 Å². The second kappa shape index (κ2) is 4.36. The monoisotopic (exact) mass is 282 g/mol. The SMILES string of the molecule is CC1(C)O[C@@H]2[C@@H](CO)OC(n3cccnc3=O)[C@]2(C)O1. The molecule has 0 radical (unpaired) electrons. The minimum absolute atomic E-state index is 0.203. The second-order valence-electron chi connectivity index (χ2n) is 5.74. The quantitative estimate of drug-likeness (QED) is 0.825. The van der Waals surface area contributed by atoms with Gasteiger partial charge in [-0.15, -0.1) is 0 Å². The number of ether oxygens (including phenoxy) is 3. The van der Waals surface area contributed by atoms with Crippen molar-refractivity contribution in [2.75, 3.05) is 6.61 Å². The summed E-state index contributed by atoms with van der Waals surface area (Å²) >= 11 is 0. The lowest BCUT2D eigenvalue weighted by atomic mass is 9.96. The number of fused-ring (bicyclic) bond motifs is 1. The molecule has 1 aromatic rings. The topological polar surface area (TPSA) is 82.8 Å². The average molecular weight is 282 g/mol. The molecule has 7 nitrogen and oxygen atoms in total. The maximum Gasteiger partial charge on any atom is 0.349 e. The zero-order chi connectivity index (χ0) is 14.5. The Kier molecular flexibility index (Phi) is 2.98. The maximum atomic E-state index is 11.9. The van der Waals surface area contributed by atoms with E-state index in [9.17, 15) is 9.90 Å². The molecule has 0 amide bonds. The van der Waals surface area contributed by atoms with Crippen LogP contribution < -0.4 is 5.69 Å². The van der Waals surface area contributed by atoms with Gasteiger partial charge in [0.2, 0.25) is 0 Å². The largest absolute Gasteiger partial charge is 0.394 e. The summed E-state index contributed by atoms with van der Waals surface area (Å²) in [6, 6.07) is 1.65. The van der Waals surface area contributed by atoms with Crippen molar-refractivity contribution in [2.45, 2.75) is 50.6 Å². The summed E-state index contributed by atoms with van der Waals surface area (Å²) in [7, 11) is 0. The fraction of sp³-hybridized carbons (Fsp3) is 0.692. The van der Waals surface area contributed by atoms with Crippen molar-refractivity contribution in [1.29, 1.82) is 0 Å². The highest BCUT2D eigenvalue weighted by Crippen LogP contribution is 2.50. The first kappa shape index (κ1) is 13.7. The highest BCUT2D eigenvalue weighted by molar-refractivity contribution is 5.06. The van der Waals surface area contributed by atoms with E-state index in [1.54, 1.807) is 26.1 Å². The number of aliphatic hydroxyl groups excluding tert-OH is 1. The smallest absolute Gasteiger partial charge is 0.349 e. The maximum absolute atomic E-state index is 11.9. The van der Waals surface area contributed by atoms with E-state index in [4.69, 9.17) is 14.2 Å². The molecule has 3 rings (SSSR count). The molecule has 20 heavy (non-hydrogen) atoms. The number of nitrogens with zero attached hydrogens (tertiary/aromatic N) is 2. The van der Waals surface area contributed by atoms with Crippen LogP contribution in [0.15, 0.2) is 23.3 Å². The molecule has 3 heterocycles. The third-order valence-corrected chi connectivity index (χ3v) is 3.74. The lowest BCUT2D eigenvalue weighted by Gasteiger charge is -2.30. The lowest BCUT2D eigenvalue weighted by Crippen LogP contribution is -2.44. The van der Waals surface area contributed by atoms with Gasteiger partial charge in [-0.05, 0) is 26.8 Å². The van der Waals surface area contributed by atoms with Crippen LogP contribution in [-0.2, 0) is 14.2 Å². The van der Waals surface area contributed by atoms with Gasteiger partial charge in [0.05, 0.1) is 6.61 Å². The van der Waals surface area contributed by atoms with E-state index < -0.39 is 35.5 Å². The Morgan fingerprint density at radius 2 is 2.20 bits per heavy atom. The van der Waals surface area contributed by atoms with Crippen LogP contribution in [0.3, 0.4) is 0 Å². The molecule has 0 spiro atoms. The van der Waals surface area contributed by atoms with Gasteiger partial charge < -0.3 is 19.3 Å². The van der Waals surface area contributed by atoms with Gasteiger partial charge in [-0.25, -0.2) is 9.78 Å². The zero-order valence-electron chi connectivity index (χ0n) is 11.6. The van der Waals surface area contributed by atoms with Gasteiger partial charge in [0.25, 0.3) is 0 Å². The van der Waals surface area contributed by atoms with Gasteiger partial charge in [0.15, 0.2) is 12.0 Å². The van der Waals surface area contributed by atoms with Gasteiger partial charge in [-0.2, -0.15) is 0 Å². The first-order valence-corrected chi connectivity index (χ1v) is 6.55. The minimum Gasteiger partial charge on any atom is -0.394 e. The predicted octanol–water partition coefficient (Wildman–Crippen LogP) is 0.0432. The molecule has 1 unspecified atom stereocenters. The van der Waals surface area contributed by atoms with Crippen molar-refractivity contribution >= 4 is 0 Å². The average Bonchev–Trinajstić information content (AvgIpc) is 2.76. The molecule has 1 aromatic heterocycles. The number of aromatic nitrogens is 2. The number of aliphatic hydroxyl groups is 1. The molecule has 0 aromatic carbocycles. The minimum atomic E-state index is -0.857. The standard InChI is InChI=1S/C13H18N2O5/c1-12(2)19-9-8(7-16)18-10(13(9,3)20-12)15-6-4-5-14-11(15)17/h4-6,8-10,16H,7H2,1-3H3/t8-,9-,10?,13-/m1/s1. The first-order valence-electron chi connectivity index (χ1n) is 6.55. The van der Waals surface area contributed by atoms with E-state index in [0.29, 0.717) is 0 Å². The Morgan fingerprint density at radius 1 is 1.45 bits per heavy atom. The van der Waals surface area contributed by atoms with E-state index in [2.05, 4.69) is 4.98 Å². The molecular weight excluding hydrogens is 264 g/mol. The summed E-state index contributed by atoms with van der Waals surface area (Å²) in [4.78, 5) is 15.6. The zero-order valence-corrected chi connectivity index (χ0v) is 11.6. The van der Waals surface area contributed by atoms with Crippen molar-refractivity contribution < 1.29 is 19.3 Å².